The van der Waals surface area contributed by atoms with Gasteiger partial charge in [-0.3, -0.25) is 9.59 Å². The van der Waals surface area contributed by atoms with E-state index in [9.17, 15) is 14.7 Å². The second kappa shape index (κ2) is 5.56. The second-order valence-corrected chi connectivity index (χ2v) is 6.28. The van der Waals surface area contributed by atoms with Crippen molar-refractivity contribution in [3.8, 4) is 0 Å². The van der Waals surface area contributed by atoms with Crippen molar-refractivity contribution in [2.45, 2.75) is 39.7 Å². The standard InChI is InChI=1S/C15H22O5/c1-9(2)7-19-8-11-6-15(14(18)20-11)5-10(3)12(16)4-13(15)17/h4,9-11,17H,5-8H2,1-3H3/t10-,11-,15+/m0/s1. The maximum Gasteiger partial charge on any atom is 0.320 e. The summed E-state index contributed by atoms with van der Waals surface area (Å²) in [6, 6.07) is 0. The fourth-order valence-corrected chi connectivity index (χ4v) is 2.82. The van der Waals surface area contributed by atoms with E-state index in [1.54, 1.807) is 6.92 Å². The van der Waals surface area contributed by atoms with Crippen LogP contribution in [0.4, 0.5) is 0 Å². The molecule has 3 atom stereocenters. The van der Waals surface area contributed by atoms with Crippen LogP contribution in [0.5, 0.6) is 0 Å². The summed E-state index contributed by atoms with van der Waals surface area (Å²) in [6.07, 6.45) is 1.52. The van der Waals surface area contributed by atoms with Crippen molar-refractivity contribution in [2.75, 3.05) is 13.2 Å². The van der Waals surface area contributed by atoms with E-state index in [-0.39, 0.29) is 23.6 Å². The number of rotatable bonds is 4. The molecule has 1 heterocycles. The Labute approximate surface area is 118 Å². The predicted molar refractivity (Wildman–Crippen MR) is 72.1 cm³/mol. The van der Waals surface area contributed by atoms with Gasteiger partial charge in [0.05, 0.1) is 6.61 Å². The first-order valence-corrected chi connectivity index (χ1v) is 7.09. The van der Waals surface area contributed by atoms with Gasteiger partial charge in [0.25, 0.3) is 0 Å². The van der Waals surface area contributed by atoms with Crippen LogP contribution in [0.25, 0.3) is 0 Å². The molecule has 2 aliphatic rings. The molecule has 1 N–H and O–H groups in total. The number of aliphatic hydroxyl groups excluding tert-OH is 1. The largest absolute Gasteiger partial charge is 0.511 e. The number of carbonyl (C=O) groups excluding carboxylic acids is 2. The van der Waals surface area contributed by atoms with Crippen LogP contribution in [0.1, 0.15) is 33.6 Å². The molecule has 5 heteroatoms. The van der Waals surface area contributed by atoms with Crippen LogP contribution in [0, 0.1) is 17.3 Å². The Balaban J connectivity index is 2.05. The monoisotopic (exact) mass is 282 g/mol. The molecule has 0 unspecified atom stereocenters. The molecule has 0 aromatic heterocycles. The smallest absolute Gasteiger partial charge is 0.320 e. The summed E-state index contributed by atoms with van der Waals surface area (Å²) in [5.41, 5.74) is -1.04. The molecule has 0 saturated carbocycles. The summed E-state index contributed by atoms with van der Waals surface area (Å²) in [5.74, 6) is -0.586. The highest BCUT2D eigenvalue weighted by Gasteiger charge is 2.55. The Bertz CT molecular complexity index is 440. The Morgan fingerprint density at radius 2 is 2.15 bits per heavy atom. The van der Waals surface area contributed by atoms with E-state index >= 15 is 0 Å². The van der Waals surface area contributed by atoms with Crippen LogP contribution in [0.3, 0.4) is 0 Å². The first-order valence-electron chi connectivity index (χ1n) is 7.09. The zero-order valence-corrected chi connectivity index (χ0v) is 12.2. The SMILES string of the molecule is CC(C)COC[C@@H]1C[C@@]2(C[C@H](C)C(=O)C=C2O)C(=O)O1. The molecular weight excluding hydrogens is 260 g/mol. The van der Waals surface area contributed by atoms with Gasteiger partial charge in [-0.1, -0.05) is 20.8 Å². The van der Waals surface area contributed by atoms with Crippen LogP contribution in [-0.2, 0) is 19.1 Å². The fraction of sp³-hybridized carbons (Fsp3) is 0.733. The van der Waals surface area contributed by atoms with E-state index in [4.69, 9.17) is 9.47 Å². The van der Waals surface area contributed by atoms with Crippen molar-refractivity contribution in [1.82, 2.24) is 0 Å². The van der Waals surface area contributed by atoms with Gasteiger partial charge in [-0.25, -0.2) is 0 Å². The average molecular weight is 282 g/mol. The highest BCUT2D eigenvalue weighted by molar-refractivity contribution is 5.96. The minimum absolute atomic E-state index is 0.138. The normalized spacial score (nSPS) is 33.7. The van der Waals surface area contributed by atoms with Crippen molar-refractivity contribution in [2.24, 2.45) is 17.3 Å². The lowest BCUT2D eigenvalue weighted by Gasteiger charge is -2.30. The summed E-state index contributed by atoms with van der Waals surface area (Å²) < 4.78 is 10.8. The topological polar surface area (TPSA) is 72.8 Å². The third-order valence-electron chi connectivity index (χ3n) is 3.91. The Kier molecular flexibility index (Phi) is 4.18. The summed E-state index contributed by atoms with van der Waals surface area (Å²) in [6.45, 7) is 6.80. The lowest BCUT2D eigenvalue weighted by Crippen LogP contribution is -2.37. The molecule has 1 aliphatic heterocycles. The highest BCUT2D eigenvalue weighted by atomic mass is 16.6. The van der Waals surface area contributed by atoms with Crippen molar-refractivity contribution >= 4 is 11.8 Å². The van der Waals surface area contributed by atoms with Crippen LogP contribution in [0.2, 0.25) is 0 Å². The molecule has 1 spiro atoms. The number of carbonyl (C=O) groups is 2. The van der Waals surface area contributed by atoms with Crippen LogP contribution < -0.4 is 0 Å². The van der Waals surface area contributed by atoms with Gasteiger partial charge in [-0.15, -0.1) is 0 Å². The summed E-state index contributed by atoms with van der Waals surface area (Å²) in [5, 5.41) is 10.0. The van der Waals surface area contributed by atoms with E-state index in [1.165, 1.54) is 6.08 Å². The molecular formula is C15H22O5. The minimum Gasteiger partial charge on any atom is -0.511 e. The summed E-state index contributed by atoms with van der Waals surface area (Å²) >= 11 is 0. The predicted octanol–water partition coefficient (Wildman–Crippen LogP) is 2.01. The number of aliphatic hydroxyl groups is 1. The lowest BCUT2D eigenvalue weighted by atomic mass is 9.71. The van der Waals surface area contributed by atoms with E-state index in [1.807, 2.05) is 13.8 Å². The van der Waals surface area contributed by atoms with Crippen molar-refractivity contribution in [1.29, 1.82) is 0 Å². The molecule has 0 aromatic rings. The van der Waals surface area contributed by atoms with Crippen molar-refractivity contribution < 1.29 is 24.2 Å². The molecule has 1 aliphatic carbocycles. The number of ether oxygens (including phenoxy) is 2. The maximum absolute atomic E-state index is 12.1. The lowest BCUT2D eigenvalue weighted by molar-refractivity contribution is -0.151. The van der Waals surface area contributed by atoms with Crippen molar-refractivity contribution in [3.63, 3.8) is 0 Å². The van der Waals surface area contributed by atoms with E-state index in [0.29, 0.717) is 32.0 Å². The maximum atomic E-state index is 12.1. The van der Waals surface area contributed by atoms with Crippen LogP contribution in [-0.4, -0.2) is 36.2 Å². The zero-order valence-electron chi connectivity index (χ0n) is 12.2. The first kappa shape index (κ1) is 15.0. The Morgan fingerprint density at radius 3 is 2.80 bits per heavy atom. The number of hydrogen-bond acceptors (Lipinski definition) is 5. The number of esters is 1. The summed E-state index contributed by atoms with van der Waals surface area (Å²) in [4.78, 5) is 23.7. The van der Waals surface area contributed by atoms with Gasteiger partial charge in [0.1, 0.15) is 17.3 Å². The van der Waals surface area contributed by atoms with Gasteiger partial charge in [0, 0.05) is 25.0 Å². The van der Waals surface area contributed by atoms with Gasteiger partial charge in [-0.05, 0) is 12.3 Å². The fourth-order valence-electron chi connectivity index (χ4n) is 2.82. The van der Waals surface area contributed by atoms with Gasteiger partial charge < -0.3 is 14.6 Å². The van der Waals surface area contributed by atoms with Gasteiger partial charge in [-0.2, -0.15) is 0 Å². The van der Waals surface area contributed by atoms with Crippen LogP contribution >= 0.6 is 0 Å². The van der Waals surface area contributed by atoms with E-state index in [0.717, 1.165) is 0 Å². The summed E-state index contributed by atoms with van der Waals surface area (Å²) in [7, 11) is 0. The Morgan fingerprint density at radius 1 is 1.45 bits per heavy atom. The molecule has 0 amide bonds. The number of ketones is 1. The molecule has 1 saturated heterocycles. The zero-order chi connectivity index (χ0) is 14.9. The Hall–Kier alpha value is -1.36. The molecule has 5 nitrogen and oxygen atoms in total. The molecule has 0 aromatic carbocycles. The highest BCUT2D eigenvalue weighted by Crippen LogP contribution is 2.47. The number of allylic oxidation sites excluding steroid dienone is 1. The second-order valence-electron chi connectivity index (χ2n) is 6.28. The molecule has 0 radical (unpaired) electrons. The van der Waals surface area contributed by atoms with E-state index in [2.05, 4.69) is 0 Å². The number of hydrogen-bond donors (Lipinski definition) is 1. The molecule has 2 rings (SSSR count). The first-order chi connectivity index (χ1) is 9.35. The molecule has 1 fully saturated rings. The van der Waals surface area contributed by atoms with E-state index < -0.39 is 11.4 Å². The minimum atomic E-state index is -1.04. The average Bonchev–Trinajstić information content (AvgIpc) is 2.64. The van der Waals surface area contributed by atoms with Crippen LogP contribution in [0.15, 0.2) is 11.8 Å². The van der Waals surface area contributed by atoms with Gasteiger partial charge in [0.2, 0.25) is 0 Å². The van der Waals surface area contributed by atoms with Gasteiger partial charge >= 0.3 is 5.97 Å². The van der Waals surface area contributed by atoms with Crippen molar-refractivity contribution in [3.05, 3.63) is 11.8 Å². The number of cyclic esters (lactones) is 1. The third-order valence-corrected chi connectivity index (χ3v) is 3.91. The molecule has 0 bridgehead atoms. The molecule has 20 heavy (non-hydrogen) atoms. The third kappa shape index (κ3) is 2.73. The van der Waals surface area contributed by atoms with Gasteiger partial charge in [0.15, 0.2) is 5.78 Å². The quantitative estimate of drug-likeness (QED) is 0.798. The molecule has 112 valence electrons.